The number of rotatable bonds is 5. The van der Waals surface area contributed by atoms with Crippen molar-refractivity contribution in [2.24, 2.45) is 0 Å². The zero-order valence-electron chi connectivity index (χ0n) is 17.2. The molecule has 0 saturated heterocycles. The minimum absolute atomic E-state index is 0.0841. The lowest BCUT2D eigenvalue weighted by atomic mass is 10.1. The molecule has 1 fully saturated rings. The largest absolute Gasteiger partial charge is 0.455 e. The number of aromatic nitrogens is 3. The van der Waals surface area contributed by atoms with Crippen molar-refractivity contribution in [2.45, 2.75) is 46.3 Å². The van der Waals surface area contributed by atoms with Crippen molar-refractivity contribution in [1.82, 2.24) is 14.0 Å². The Morgan fingerprint density at radius 2 is 2.07 bits per heavy atom. The number of hydrogen-bond donors (Lipinski definition) is 0. The van der Waals surface area contributed by atoms with E-state index in [2.05, 4.69) is 9.55 Å². The van der Waals surface area contributed by atoms with Crippen LogP contribution in [0.15, 0.2) is 40.8 Å². The zero-order valence-corrected chi connectivity index (χ0v) is 17.2. The number of fused-ring (bicyclic) bond motifs is 1. The monoisotopic (exact) mass is 402 g/mol. The summed E-state index contributed by atoms with van der Waals surface area (Å²) in [6, 6.07) is 9.34. The third kappa shape index (κ3) is 3.77. The summed E-state index contributed by atoms with van der Waals surface area (Å²) < 4.78 is 8.96. The minimum atomic E-state index is -0.736. The number of nitrogens with zero attached hydrogens (tertiary/aromatic N) is 4. The van der Waals surface area contributed by atoms with Crippen LogP contribution in [0.3, 0.4) is 0 Å². The standard InChI is InChI=1S/C23H22N4O3/c1-14-4-7-21-25-19(10-22(28)26(21)12-14)13-30-23(29)18(11-24)9-17-8-15(2)27(16(17)3)20-5-6-20/h4,7-10,12,20H,5-6,13H2,1-3H3/b18-9+. The Balaban J connectivity index is 1.53. The number of esters is 1. The lowest BCUT2D eigenvalue weighted by Crippen LogP contribution is -2.17. The van der Waals surface area contributed by atoms with E-state index >= 15 is 0 Å². The molecule has 3 heterocycles. The van der Waals surface area contributed by atoms with E-state index in [1.165, 1.54) is 10.5 Å². The Labute approximate surface area is 173 Å². The van der Waals surface area contributed by atoms with E-state index in [1.807, 2.05) is 39.0 Å². The van der Waals surface area contributed by atoms with Crippen molar-refractivity contribution < 1.29 is 9.53 Å². The smallest absolute Gasteiger partial charge is 0.349 e. The van der Waals surface area contributed by atoms with Crippen LogP contribution >= 0.6 is 0 Å². The highest BCUT2D eigenvalue weighted by Gasteiger charge is 2.27. The summed E-state index contributed by atoms with van der Waals surface area (Å²) in [6.07, 6.45) is 5.58. The number of ether oxygens (including phenoxy) is 1. The van der Waals surface area contributed by atoms with Gasteiger partial charge < -0.3 is 9.30 Å². The van der Waals surface area contributed by atoms with E-state index in [0.717, 1.165) is 35.4 Å². The quantitative estimate of drug-likeness (QED) is 0.371. The number of pyridine rings is 1. The summed E-state index contributed by atoms with van der Waals surface area (Å²) in [5.41, 5.74) is 4.40. The maximum absolute atomic E-state index is 12.5. The van der Waals surface area contributed by atoms with Crippen molar-refractivity contribution in [1.29, 1.82) is 5.26 Å². The molecule has 0 radical (unpaired) electrons. The topological polar surface area (TPSA) is 89.4 Å². The summed E-state index contributed by atoms with van der Waals surface area (Å²) in [7, 11) is 0. The molecule has 0 aromatic carbocycles. The van der Waals surface area contributed by atoms with Gasteiger partial charge in [-0.2, -0.15) is 5.26 Å². The first-order valence-electron chi connectivity index (χ1n) is 9.83. The van der Waals surface area contributed by atoms with Gasteiger partial charge in [-0.3, -0.25) is 9.20 Å². The Morgan fingerprint density at radius 3 is 2.77 bits per heavy atom. The van der Waals surface area contributed by atoms with Gasteiger partial charge in [0.05, 0.1) is 5.69 Å². The van der Waals surface area contributed by atoms with Crippen LogP contribution in [0.1, 0.15) is 47.1 Å². The molecule has 30 heavy (non-hydrogen) atoms. The van der Waals surface area contributed by atoms with Gasteiger partial charge in [-0.05, 0) is 62.9 Å². The molecule has 7 heteroatoms. The molecule has 4 rings (SSSR count). The van der Waals surface area contributed by atoms with Gasteiger partial charge >= 0.3 is 5.97 Å². The number of carbonyl (C=O) groups is 1. The molecule has 0 unspecified atom stereocenters. The fourth-order valence-corrected chi connectivity index (χ4v) is 3.69. The maximum Gasteiger partial charge on any atom is 0.349 e. The van der Waals surface area contributed by atoms with Crippen molar-refractivity contribution in [3.8, 4) is 6.07 Å². The fraction of sp³-hybridized carbons (Fsp3) is 0.304. The summed E-state index contributed by atoms with van der Waals surface area (Å²) in [6.45, 7) is 5.72. The Bertz CT molecular complexity index is 1290. The summed E-state index contributed by atoms with van der Waals surface area (Å²) >= 11 is 0. The van der Waals surface area contributed by atoms with Crippen molar-refractivity contribution in [3.05, 3.63) is 74.6 Å². The number of nitriles is 1. The van der Waals surface area contributed by atoms with Gasteiger partial charge in [-0.1, -0.05) is 6.07 Å². The van der Waals surface area contributed by atoms with E-state index < -0.39 is 5.97 Å². The van der Waals surface area contributed by atoms with Crippen molar-refractivity contribution in [3.63, 3.8) is 0 Å². The molecule has 0 bridgehead atoms. The molecule has 1 saturated carbocycles. The molecular weight excluding hydrogens is 380 g/mol. The van der Waals surface area contributed by atoms with E-state index in [1.54, 1.807) is 18.3 Å². The second-order valence-electron chi connectivity index (χ2n) is 7.69. The van der Waals surface area contributed by atoms with E-state index in [0.29, 0.717) is 17.4 Å². The molecule has 3 aromatic rings. The lowest BCUT2D eigenvalue weighted by molar-refractivity contribution is -0.139. The first-order chi connectivity index (χ1) is 14.4. The van der Waals surface area contributed by atoms with Crippen LogP contribution in [0.25, 0.3) is 11.7 Å². The molecule has 1 aliphatic rings. The molecule has 0 spiro atoms. The second kappa shape index (κ2) is 7.64. The van der Waals surface area contributed by atoms with Crippen LogP contribution in [0.4, 0.5) is 0 Å². The minimum Gasteiger partial charge on any atom is -0.455 e. The van der Waals surface area contributed by atoms with Crippen molar-refractivity contribution >= 4 is 17.7 Å². The molecule has 152 valence electrons. The zero-order chi connectivity index (χ0) is 21.4. The molecule has 0 N–H and O–H groups in total. The van der Waals surface area contributed by atoms with Gasteiger partial charge in [0, 0.05) is 29.7 Å². The number of aryl methyl sites for hydroxylation is 2. The van der Waals surface area contributed by atoms with Crippen LogP contribution in [-0.4, -0.2) is 19.9 Å². The first kappa shape index (κ1) is 19.6. The normalized spacial score (nSPS) is 14.0. The molecule has 3 aromatic heterocycles. The lowest BCUT2D eigenvalue weighted by Gasteiger charge is -2.07. The Morgan fingerprint density at radius 1 is 1.30 bits per heavy atom. The molecule has 0 amide bonds. The van der Waals surface area contributed by atoms with Crippen LogP contribution in [0.5, 0.6) is 0 Å². The SMILES string of the molecule is Cc1ccc2nc(COC(=O)/C(C#N)=C/c3cc(C)n(C4CC4)c3C)cc(=O)n2c1. The second-order valence-corrected chi connectivity index (χ2v) is 7.69. The van der Waals surface area contributed by atoms with Gasteiger partial charge in [0.1, 0.15) is 23.9 Å². The maximum atomic E-state index is 12.5. The third-order valence-corrected chi connectivity index (χ3v) is 5.29. The highest BCUT2D eigenvalue weighted by Crippen LogP contribution is 2.38. The number of hydrogen-bond acceptors (Lipinski definition) is 5. The van der Waals surface area contributed by atoms with Gasteiger partial charge in [0.25, 0.3) is 5.56 Å². The van der Waals surface area contributed by atoms with E-state index in [4.69, 9.17) is 4.74 Å². The Kier molecular flexibility index (Phi) is 5.00. The predicted octanol–water partition coefficient (Wildman–Crippen LogP) is 3.41. The predicted molar refractivity (Wildman–Crippen MR) is 112 cm³/mol. The number of carbonyl (C=O) groups excluding carboxylic acids is 1. The van der Waals surface area contributed by atoms with Gasteiger partial charge in [0.2, 0.25) is 0 Å². The van der Waals surface area contributed by atoms with E-state index in [-0.39, 0.29) is 17.7 Å². The molecule has 0 aliphatic heterocycles. The van der Waals surface area contributed by atoms with Gasteiger partial charge in [-0.25, -0.2) is 9.78 Å². The Hall–Kier alpha value is -3.66. The molecular formula is C23H22N4O3. The molecule has 7 nitrogen and oxygen atoms in total. The van der Waals surface area contributed by atoms with Gasteiger partial charge in [-0.15, -0.1) is 0 Å². The summed E-state index contributed by atoms with van der Waals surface area (Å²) in [5.74, 6) is -0.736. The van der Waals surface area contributed by atoms with Crippen LogP contribution in [-0.2, 0) is 16.1 Å². The fourth-order valence-electron chi connectivity index (χ4n) is 3.69. The van der Waals surface area contributed by atoms with E-state index in [9.17, 15) is 14.9 Å². The van der Waals surface area contributed by atoms with Gasteiger partial charge in [0.15, 0.2) is 0 Å². The summed E-state index contributed by atoms with van der Waals surface area (Å²) in [4.78, 5) is 29.1. The van der Waals surface area contributed by atoms with Crippen LogP contribution < -0.4 is 5.56 Å². The van der Waals surface area contributed by atoms with Crippen LogP contribution in [0.2, 0.25) is 0 Å². The molecule has 0 atom stereocenters. The molecule has 1 aliphatic carbocycles. The van der Waals surface area contributed by atoms with Crippen molar-refractivity contribution in [2.75, 3.05) is 0 Å². The van der Waals surface area contributed by atoms with Crippen LogP contribution in [0, 0.1) is 32.1 Å². The highest BCUT2D eigenvalue weighted by molar-refractivity contribution is 5.98. The average molecular weight is 402 g/mol. The average Bonchev–Trinajstić information content (AvgIpc) is 3.50. The summed E-state index contributed by atoms with van der Waals surface area (Å²) in [5, 5.41) is 9.46. The first-order valence-corrected chi connectivity index (χ1v) is 9.83. The third-order valence-electron chi connectivity index (χ3n) is 5.29. The highest BCUT2D eigenvalue weighted by atomic mass is 16.5.